The number of hydrogen-bond acceptors (Lipinski definition) is 3. The van der Waals surface area contributed by atoms with E-state index in [-0.39, 0.29) is 0 Å². The molecule has 118 valence electrons. The van der Waals surface area contributed by atoms with Crippen LogP contribution in [0.4, 0.5) is 0 Å². The molecular formula is C16H27N3O2. The molecular weight excluding hydrogens is 266 g/mol. The number of nitrogens with zero attached hydrogens (tertiary/aromatic N) is 1. The smallest absolute Gasteiger partial charge is 0.188 e. The van der Waals surface area contributed by atoms with Crippen molar-refractivity contribution in [1.29, 1.82) is 0 Å². The number of rotatable bonds is 9. The van der Waals surface area contributed by atoms with Crippen LogP contribution < -0.4 is 15.8 Å². The molecule has 0 unspecified atom stereocenters. The summed E-state index contributed by atoms with van der Waals surface area (Å²) in [7, 11) is 1.66. The van der Waals surface area contributed by atoms with Crippen LogP contribution in [0.1, 0.15) is 25.8 Å². The van der Waals surface area contributed by atoms with E-state index in [4.69, 9.17) is 15.2 Å². The van der Waals surface area contributed by atoms with Gasteiger partial charge >= 0.3 is 0 Å². The summed E-state index contributed by atoms with van der Waals surface area (Å²) in [5, 5.41) is 3.12. The topological polar surface area (TPSA) is 68.9 Å². The molecule has 0 aliphatic heterocycles. The Morgan fingerprint density at radius 2 is 1.95 bits per heavy atom. The predicted octanol–water partition coefficient (Wildman–Crippen LogP) is 2.16. The lowest BCUT2D eigenvalue weighted by molar-refractivity contribution is 0.146. The summed E-state index contributed by atoms with van der Waals surface area (Å²) in [6, 6.07) is 7.85. The number of ether oxygens (including phenoxy) is 2. The molecule has 5 nitrogen and oxygen atoms in total. The normalized spacial score (nSPS) is 11.7. The Balaban J connectivity index is 2.34. The van der Waals surface area contributed by atoms with Gasteiger partial charge < -0.3 is 20.5 Å². The van der Waals surface area contributed by atoms with Crippen molar-refractivity contribution >= 4 is 5.96 Å². The van der Waals surface area contributed by atoms with E-state index >= 15 is 0 Å². The molecule has 0 radical (unpaired) electrons. The number of methoxy groups -OCH3 is 1. The predicted molar refractivity (Wildman–Crippen MR) is 86.6 cm³/mol. The molecule has 0 fully saturated rings. The largest absolute Gasteiger partial charge is 0.491 e. The fraction of sp³-hybridized carbons (Fsp3) is 0.562. The fourth-order valence-electron chi connectivity index (χ4n) is 1.66. The monoisotopic (exact) mass is 293 g/mol. The second kappa shape index (κ2) is 10.0. The van der Waals surface area contributed by atoms with Gasteiger partial charge in [-0.2, -0.15) is 0 Å². The van der Waals surface area contributed by atoms with Gasteiger partial charge in [-0.25, -0.2) is 4.99 Å². The molecule has 0 aromatic heterocycles. The van der Waals surface area contributed by atoms with Crippen molar-refractivity contribution in [3.8, 4) is 5.75 Å². The number of nitrogens with two attached hydrogens (primary N) is 1. The SMILES string of the molecule is COCCOc1ccc(CN=C(N)NCCC(C)C)cc1. The lowest BCUT2D eigenvalue weighted by atomic mass is 10.1. The van der Waals surface area contributed by atoms with Crippen molar-refractivity contribution in [2.75, 3.05) is 26.9 Å². The number of guanidine groups is 1. The van der Waals surface area contributed by atoms with Crippen molar-refractivity contribution in [2.24, 2.45) is 16.6 Å². The van der Waals surface area contributed by atoms with Crippen LogP contribution in [0, 0.1) is 5.92 Å². The molecule has 5 heteroatoms. The molecule has 0 aliphatic rings. The first kappa shape index (κ1) is 17.3. The zero-order valence-corrected chi connectivity index (χ0v) is 13.3. The van der Waals surface area contributed by atoms with Gasteiger partial charge in [-0.05, 0) is 30.0 Å². The van der Waals surface area contributed by atoms with E-state index in [0.717, 1.165) is 24.3 Å². The molecule has 0 aliphatic carbocycles. The van der Waals surface area contributed by atoms with Crippen LogP contribution in [0.15, 0.2) is 29.3 Å². The molecule has 0 atom stereocenters. The first-order valence-corrected chi connectivity index (χ1v) is 7.36. The van der Waals surface area contributed by atoms with Crippen molar-refractivity contribution in [3.05, 3.63) is 29.8 Å². The Labute approximate surface area is 127 Å². The molecule has 1 aromatic rings. The van der Waals surface area contributed by atoms with Crippen molar-refractivity contribution < 1.29 is 9.47 Å². The van der Waals surface area contributed by atoms with Crippen LogP contribution in [0.3, 0.4) is 0 Å². The number of benzene rings is 1. The van der Waals surface area contributed by atoms with Gasteiger partial charge in [0.25, 0.3) is 0 Å². The Bertz CT molecular complexity index is 416. The molecule has 0 bridgehead atoms. The van der Waals surface area contributed by atoms with Crippen LogP contribution in [0.5, 0.6) is 5.75 Å². The molecule has 0 heterocycles. The Morgan fingerprint density at radius 3 is 2.57 bits per heavy atom. The highest BCUT2D eigenvalue weighted by atomic mass is 16.5. The summed E-state index contributed by atoms with van der Waals surface area (Å²) in [5.41, 5.74) is 6.92. The number of nitrogens with one attached hydrogen (secondary N) is 1. The van der Waals surface area contributed by atoms with Crippen molar-refractivity contribution in [1.82, 2.24) is 5.32 Å². The molecule has 1 rings (SSSR count). The zero-order chi connectivity index (χ0) is 15.5. The van der Waals surface area contributed by atoms with Crippen LogP contribution in [0.2, 0.25) is 0 Å². The van der Waals surface area contributed by atoms with E-state index in [1.807, 2.05) is 24.3 Å². The van der Waals surface area contributed by atoms with Crippen LogP contribution >= 0.6 is 0 Å². The van der Waals surface area contributed by atoms with Gasteiger partial charge in [0.1, 0.15) is 12.4 Å². The summed E-state index contributed by atoms with van der Waals surface area (Å²) in [6.07, 6.45) is 1.09. The Hall–Kier alpha value is -1.75. The summed E-state index contributed by atoms with van der Waals surface area (Å²) in [6.45, 7) is 6.94. The van der Waals surface area contributed by atoms with Gasteiger partial charge in [-0.15, -0.1) is 0 Å². The fourth-order valence-corrected chi connectivity index (χ4v) is 1.66. The molecule has 1 aromatic carbocycles. The number of hydrogen-bond donors (Lipinski definition) is 2. The molecule has 21 heavy (non-hydrogen) atoms. The standard InChI is InChI=1S/C16H27N3O2/c1-13(2)8-9-18-16(17)19-12-14-4-6-15(7-5-14)21-11-10-20-3/h4-7,13H,8-12H2,1-3H3,(H3,17,18,19). The van der Waals surface area contributed by atoms with Crippen LogP contribution in [-0.2, 0) is 11.3 Å². The molecule has 0 amide bonds. The van der Waals surface area contributed by atoms with Crippen molar-refractivity contribution in [3.63, 3.8) is 0 Å². The first-order chi connectivity index (χ1) is 10.1. The third-order valence-electron chi connectivity index (χ3n) is 2.94. The van der Waals surface area contributed by atoms with Gasteiger partial charge in [0.05, 0.1) is 13.2 Å². The average molecular weight is 293 g/mol. The maximum absolute atomic E-state index is 5.82. The maximum Gasteiger partial charge on any atom is 0.188 e. The lowest BCUT2D eigenvalue weighted by Gasteiger charge is -2.08. The van der Waals surface area contributed by atoms with E-state index in [1.165, 1.54) is 0 Å². The van der Waals surface area contributed by atoms with E-state index in [2.05, 4.69) is 24.2 Å². The molecule has 0 spiro atoms. The molecule has 0 saturated carbocycles. The van der Waals surface area contributed by atoms with Crippen LogP contribution in [0.25, 0.3) is 0 Å². The lowest BCUT2D eigenvalue weighted by Crippen LogP contribution is -2.32. The highest BCUT2D eigenvalue weighted by molar-refractivity contribution is 5.77. The summed E-state index contributed by atoms with van der Waals surface area (Å²) in [5.74, 6) is 2.00. The third kappa shape index (κ3) is 8.19. The van der Waals surface area contributed by atoms with Gasteiger partial charge in [0.15, 0.2) is 5.96 Å². The third-order valence-corrected chi connectivity index (χ3v) is 2.94. The molecule has 0 saturated heterocycles. The second-order valence-electron chi connectivity index (χ2n) is 5.30. The highest BCUT2D eigenvalue weighted by Gasteiger charge is 1.97. The van der Waals surface area contributed by atoms with Gasteiger partial charge in [-0.3, -0.25) is 0 Å². The van der Waals surface area contributed by atoms with Crippen molar-refractivity contribution in [2.45, 2.75) is 26.8 Å². The Kier molecular flexibility index (Phi) is 8.28. The maximum atomic E-state index is 5.82. The minimum absolute atomic E-state index is 0.496. The van der Waals surface area contributed by atoms with Crippen LogP contribution in [-0.4, -0.2) is 32.8 Å². The second-order valence-corrected chi connectivity index (χ2v) is 5.30. The van der Waals surface area contributed by atoms with E-state index in [9.17, 15) is 0 Å². The summed E-state index contributed by atoms with van der Waals surface area (Å²) < 4.78 is 10.4. The average Bonchev–Trinajstić information content (AvgIpc) is 2.46. The van der Waals surface area contributed by atoms with Gasteiger partial charge in [0, 0.05) is 13.7 Å². The van der Waals surface area contributed by atoms with E-state index in [1.54, 1.807) is 7.11 Å². The first-order valence-electron chi connectivity index (χ1n) is 7.36. The summed E-state index contributed by atoms with van der Waals surface area (Å²) in [4.78, 5) is 4.32. The van der Waals surface area contributed by atoms with E-state index in [0.29, 0.717) is 31.6 Å². The van der Waals surface area contributed by atoms with Gasteiger partial charge in [0.2, 0.25) is 0 Å². The zero-order valence-electron chi connectivity index (χ0n) is 13.3. The van der Waals surface area contributed by atoms with Gasteiger partial charge in [-0.1, -0.05) is 26.0 Å². The highest BCUT2D eigenvalue weighted by Crippen LogP contribution is 2.12. The minimum atomic E-state index is 0.496. The minimum Gasteiger partial charge on any atom is -0.491 e. The summed E-state index contributed by atoms with van der Waals surface area (Å²) >= 11 is 0. The van der Waals surface area contributed by atoms with E-state index < -0.39 is 0 Å². The molecule has 3 N–H and O–H groups in total. The Morgan fingerprint density at radius 1 is 1.24 bits per heavy atom. The quantitative estimate of drug-likeness (QED) is 0.416. The number of aliphatic imine (C=N–C) groups is 1.